The van der Waals surface area contributed by atoms with E-state index in [1.54, 1.807) is 18.2 Å². The molecule has 146 valence electrons. The van der Waals surface area contributed by atoms with Crippen LogP contribution < -0.4 is 15.4 Å². The molecule has 7 nitrogen and oxygen atoms in total. The maximum absolute atomic E-state index is 11.8. The number of amides is 2. The van der Waals surface area contributed by atoms with Gasteiger partial charge in [0.05, 0.1) is 21.8 Å². The van der Waals surface area contributed by atoms with Gasteiger partial charge in [0.15, 0.2) is 6.61 Å². The normalized spacial score (nSPS) is 11.7. The number of benzene rings is 1. The molecule has 1 heterocycles. The van der Waals surface area contributed by atoms with E-state index in [9.17, 15) is 14.7 Å². The second-order valence-corrected chi connectivity index (χ2v) is 7.32. The Morgan fingerprint density at radius 2 is 2.04 bits per heavy atom. The van der Waals surface area contributed by atoms with Crippen molar-refractivity contribution in [3.8, 4) is 5.75 Å². The second-order valence-electron chi connectivity index (χ2n) is 5.70. The number of hydrogen-bond acceptors (Lipinski definition) is 6. The van der Waals surface area contributed by atoms with Crippen molar-refractivity contribution in [3.05, 3.63) is 44.9 Å². The smallest absolute Gasteiger partial charge is 0.262 e. The van der Waals surface area contributed by atoms with Crippen molar-refractivity contribution in [1.29, 1.82) is 0 Å². The molecule has 0 saturated heterocycles. The zero-order valence-corrected chi connectivity index (χ0v) is 16.8. The van der Waals surface area contributed by atoms with E-state index in [2.05, 4.69) is 15.0 Å². The maximum atomic E-state index is 11.8. The number of rotatable bonds is 9. The Morgan fingerprint density at radius 1 is 1.26 bits per heavy atom. The van der Waals surface area contributed by atoms with Gasteiger partial charge in [-0.25, -0.2) is 0 Å². The van der Waals surface area contributed by atoms with Gasteiger partial charge in [-0.15, -0.1) is 0 Å². The fourth-order valence-corrected chi connectivity index (χ4v) is 2.97. The number of ether oxygens (including phenoxy) is 1. The molecule has 1 atom stereocenters. The number of nitrogens with zero attached hydrogens (tertiary/aromatic N) is 1. The molecule has 0 bridgehead atoms. The minimum Gasteiger partial charge on any atom is -0.484 e. The van der Waals surface area contributed by atoms with Crippen LogP contribution in [-0.2, 0) is 4.79 Å². The van der Waals surface area contributed by atoms with E-state index in [0.29, 0.717) is 27.1 Å². The fourth-order valence-electron chi connectivity index (χ4n) is 2.01. The largest absolute Gasteiger partial charge is 0.484 e. The predicted molar refractivity (Wildman–Crippen MR) is 105 cm³/mol. The lowest BCUT2D eigenvalue weighted by Crippen LogP contribution is -2.37. The molecule has 0 aliphatic heterocycles. The van der Waals surface area contributed by atoms with Crippen LogP contribution in [0.15, 0.2) is 24.3 Å². The molecule has 2 aromatic rings. The monoisotopic (exact) mass is 431 g/mol. The van der Waals surface area contributed by atoms with Gasteiger partial charge in [0.1, 0.15) is 10.6 Å². The van der Waals surface area contributed by atoms with Crippen LogP contribution in [-0.4, -0.2) is 47.1 Å². The third kappa shape index (κ3) is 7.34. The number of aliphatic hydroxyl groups is 1. The number of aromatic nitrogens is 1. The first kappa shape index (κ1) is 21.4. The van der Waals surface area contributed by atoms with Gasteiger partial charge in [0.2, 0.25) is 0 Å². The summed E-state index contributed by atoms with van der Waals surface area (Å²) >= 11 is 12.8. The molecule has 2 amide bonds. The molecule has 1 aromatic carbocycles. The van der Waals surface area contributed by atoms with E-state index >= 15 is 0 Å². The van der Waals surface area contributed by atoms with Gasteiger partial charge in [0, 0.05) is 19.2 Å². The van der Waals surface area contributed by atoms with Crippen LogP contribution in [0.1, 0.15) is 21.8 Å². The lowest BCUT2D eigenvalue weighted by molar-refractivity contribution is -0.123. The summed E-state index contributed by atoms with van der Waals surface area (Å²) in [7, 11) is 0. The molecule has 0 radical (unpaired) electrons. The van der Waals surface area contributed by atoms with Crippen molar-refractivity contribution in [2.75, 3.05) is 19.7 Å². The standard InChI is InChI=1S/C17H19Cl2N3O4S/c1-10-6-15(27-22-10)17(25)20-5-4-11(23)8-21-16(24)9-26-12-2-3-13(18)14(19)7-12/h2-3,6-7,11,23H,4-5,8-9H2,1H3,(H,20,25)(H,21,24)/t11-/m0/s1. The Labute approximate surface area is 170 Å². The van der Waals surface area contributed by atoms with Crippen molar-refractivity contribution >= 4 is 46.5 Å². The third-order valence-electron chi connectivity index (χ3n) is 3.41. The fraction of sp³-hybridized carbons (Fsp3) is 0.353. The van der Waals surface area contributed by atoms with Crippen LogP contribution in [0.25, 0.3) is 0 Å². The second kappa shape index (κ2) is 10.5. The minimum atomic E-state index is -0.789. The number of nitrogens with one attached hydrogen (secondary N) is 2. The maximum Gasteiger partial charge on any atom is 0.262 e. The summed E-state index contributed by atoms with van der Waals surface area (Å²) in [5.74, 6) is -0.197. The highest BCUT2D eigenvalue weighted by Gasteiger charge is 2.11. The molecule has 1 aromatic heterocycles. The number of aryl methyl sites for hydroxylation is 1. The van der Waals surface area contributed by atoms with Gasteiger partial charge >= 0.3 is 0 Å². The topological polar surface area (TPSA) is 101 Å². The van der Waals surface area contributed by atoms with Crippen molar-refractivity contribution in [2.24, 2.45) is 0 Å². The molecule has 0 fully saturated rings. The highest BCUT2D eigenvalue weighted by atomic mass is 35.5. The van der Waals surface area contributed by atoms with Crippen LogP contribution in [0.4, 0.5) is 0 Å². The number of carbonyl (C=O) groups excluding carboxylic acids is 2. The zero-order valence-electron chi connectivity index (χ0n) is 14.5. The number of carbonyl (C=O) groups is 2. The molecular formula is C17H19Cl2N3O4S. The summed E-state index contributed by atoms with van der Waals surface area (Å²) < 4.78 is 9.34. The average molecular weight is 432 g/mol. The summed E-state index contributed by atoms with van der Waals surface area (Å²) in [5, 5.41) is 15.9. The third-order valence-corrected chi connectivity index (χ3v) is 5.03. The van der Waals surface area contributed by atoms with E-state index in [0.717, 1.165) is 17.2 Å². The van der Waals surface area contributed by atoms with Gasteiger partial charge in [-0.05, 0) is 43.1 Å². The number of halogens is 2. The molecule has 27 heavy (non-hydrogen) atoms. The van der Waals surface area contributed by atoms with Gasteiger partial charge in [-0.1, -0.05) is 23.2 Å². The van der Waals surface area contributed by atoms with E-state index in [4.69, 9.17) is 27.9 Å². The molecule has 3 N–H and O–H groups in total. The highest BCUT2D eigenvalue weighted by molar-refractivity contribution is 7.08. The van der Waals surface area contributed by atoms with Gasteiger partial charge in [-0.2, -0.15) is 4.37 Å². The quantitative estimate of drug-likeness (QED) is 0.565. The minimum absolute atomic E-state index is 0.0547. The Balaban J connectivity index is 1.61. The Bertz CT molecular complexity index is 800. The lowest BCUT2D eigenvalue weighted by Gasteiger charge is -2.13. The molecule has 10 heteroatoms. The molecule has 0 aliphatic rings. The van der Waals surface area contributed by atoms with E-state index in [1.165, 1.54) is 6.07 Å². The van der Waals surface area contributed by atoms with E-state index in [1.807, 2.05) is 6.92 Å². The highest BCUT2D eigenvalue weighted by Crippen LogP contribution is 2.26. The van der Waals surface area contributed by atoms with Crippen LogP contribution >= 0.6 is 34.7 Å². The lowest BCUT2D eigenvalue weighted by atomic mass is 10.2. The summed E-state index contributed by atoms with van der Waals surface area (Å²) in [4.78, 5) is 24.1. The first-order valence-corrected chi connectivity index (χ1v) is 9.62. The molecule has 2 rings (SSSR count). The van der Waals surface area contributed by atoms with Gasteiger partial charge in [0.25, 0.3) is 11.8 Å². The molecular weight excluding hydrogens is 413 g/mol. The first-order chi connectivity index (χ1) is 12.8. The summed E-state index contributed by atoms with van der Waals surface area (Å²) in [6, 6.07) is 6.39. The number of hydrogen-bond donors (Lipinski definition) is 3. The van der Waals surface area contributed by atoms with Crippen LogP contribution in [0.3, 0.4) is 0 Å². The van der Waals surface area contributed by atoms with Gasteiger partial charge in [-0.3, -0.25) is 9.59 Å². The van der Waals surface area contributed by atoms with Crippen molar-refractivity contribution in [3.63, 3.8) is 0 Å². The zero-order chi connectivity index (χ0) is 19.8. The molecule has 0 saturated carbocycles. The summed E-state index contributed by atoms with van der Waals surface area (Å²) in [5.41, 5.74) is 0.788. The summed E-state index contributed by atoms with van der Waals surface area (Å²) in [6.45, 7) is 1.93. The van der Waals surface area contributed by atoms with Crippen molar-refractivity contribution in [1.82, 2.24) is 15.0 Å². The van der Waals surface area contributed by atoms with Gasteiger partial charge < -0.3 is 20.5 Å². The number of aliphatic hydroxyl groups excluding tert-OH is 1. The van der Waals surface area contributed by atoms with Crippen molar-refractivity contribution in [2.45, 2.75) is 19.4 Å². The van der Waals surface area contributed by atoms with Crippen LogP contribution in [0.2, 0.25) is 10.0 Å². The summed E-state index contributed by atoms with van der Waals surface area (Å²) in [6.07, 6.45) is -0.486. The Morgan fingerprint density at radius 3 is 2.70 bits per heavy atom. The molecule has 0 aliphatic carbocycles. The van der Waals surface area contributed by atoms with E-state index < -0.39 is 6.10 Å². The SMILES string of the molecule is Cc1cc(C(=O)NCC[C@H](O)CNC(=O)COc2ccc(Cl)c(Cl)c2)sn1. The molecule has 0 unspecified atom stereocenters. The van der Waals surface area contributed by atoms with Crippen LogP contribution in [0.5, 0.6) is 5.75 Å². The molecule has 0 spiro atoms. The van der Waals surface area contributed by atoms with Crippen molar-refractivity contribution < 1.29 is 19.4 Å². The predicted octanol–water partition coefficient (Wildman–Crippen LogP) is 2.43. The Kier molecular flexibility index (Phi) is 8.30. The van der Waals surface area contributed by atoms with Crippen LogP contribution in [0, 0.1) is 6.92 Å². The average Bonchev–Trinajstić information content (AvgIpc) is 3.07. The van der Waals surface area contributed by atoms with E-state index in [-0.39, 0.29) is 31.5 Å². The first-order valence-electron chi connectivity index (χ1n) is 8.09. The Hall–Kier alpha value is -1.87.